The SMILES string of the molecule is C=C1CN(C(=O)OC(C)(C)C)C2CN(C(=O)OCc3ccccc3)CCC12. The Hall–Kier alpha value is -2.50. The molecule has 2 aliphatic rings. The van der Waals surface area contributed by atoms with Crippen LogP contribution in [-0.4, -0.2) is 53.3 Å². The van der Waals surface area contributed by atoms with Crippen molar-refractivity contribution in [1.29, 1.82) is 0 Å². The van der Waals surface area contributed by atoms with Crippen molar-refractivity contribution in [3.63, 3.8) is 0 Å². The normalized spacial score (nSPS) is 22.4. The van der Waals surface area contributed by atoms with Gasteiger partial charge in [0.25, 0.3) is 0 Å². The van der Waals surface area contributed by atoms with Crippen LogP contribution in [0.5, 0.6) is 0 Å². The highest BCUT2D eigenvalue weighted by molar-refractivity contribution is 5.71. The van der Waals surface area contributed by atoms with Gasteiger partial charge >= 0.3 is 12.2 Å². The summed E-state index contributed by atoms with van der Waals surface area (Å²) in [6.45, 7) is 11.4. The van der Waals surface area contributed by atoms with Gasteiger partial charge in [0.15, 0.2) is 0 Å². The molecule has 1 aromatic rings. The van der Waals surface area contributed by atoms with Gasteiger partial charge in [0, 0.05) is 25.6 Å². The minimum atomic E-state index is -0.556. The molecular weight excluding hydrogens is 344 g/mol. The fraction of sp³-hybridized carbons (Fsp3) is 0.524. The average Bonchev–Trinajstić information content (AvgIpc) is 2.95. The Morgan fingerprint density at radius 2 is 1.89 bits per heavy atom. The highest BCUT2D eigenvalue weighted by Crippen LogP contribution is 2.35. The Labute approximate surface area is 160 Å². The Morgan fingerprint density at radius 1 is 1.19 bits per heavy atom. The number of fused-ring (bicyclic) bond motifs is 1. The number of nitrogens with zero attached hydrogens (tertiary/aromatic N) is 2. The fourth-order valence-corrected chi connectivity index (χ4v) is 3.67. The molecule has 0 saturated carbocycles. The minimum Gasteiger partial charge on any atom is -0.445 e. The Kier molecular flexibility index (Phi) is 5.44. The zero-order valence-corrected chi connectivity index (χ0v) is 16.3. The first kappa shape index (κ1) is 19.3. The number of rotatable bonds is 2. The molecule has 1 aromatic carbocycles. The van der Waals surface area contributed by atoms with Gasteiger partial charge in [-0.2, -0.15) is 0 Å². The first-order valence-electron chi connectivity index (χ1n) is 9.37. The van der Waals surface area contributed by atoms with Crippen molar-refractivity contribution < 1.29 is 19.1 Å². The van der Waals surface area contributed by atoms with Crippen LogP contribution in [0.4, 0.5) is 9.59 Å². The number of likely N-dealkylation sites (tertiary alicyclic amines) is 2. The van der Waals surface area contributed by atoms with Crippen LogP contribution >= 0.6 is 0 Å². The average molecular weight is 372 g/mol. The second-order valence-corrected chi connectivity index (χ2v) is 8.22. The summed E-state index contributed by atoms with van der Waals surface area (Å²) in [5, 5.41) is 0. The first-order valence-corrected chi connectivity index (χ1v) is 9.37. The van der Waals surface area contributed by atoms with E-state index in [0.29, 0.717) is 19.6 Å². The summed E-state index contributed by atoms with van der Waals surface area (Å²) >= 11 is 0. The first-order chi connectivity index (χ1) is 12.7. The summed E-state index contributed by atoms with van der Waals surface area (Å²) in [5.74, 6) is 0.204. The van der Waals surface area contributed by atoms with Gasteiger partial charge in [-0.15, -0.1) is 0 Å². The van der Waals surface area contributed by atoms with E-state index < -0.39 is 5.60 Å². The Morgan fingerprint density at radius 3 is 2.56 bits per heavy atom. The number of hydrogen-bond donors (Lipinski definition) is 0. The topological polar surface area (TPSA) is 59.1 Å². The molecule has 0 spiro atoms. The molecule has 6 nitrogen and oxygen atoms in total. The Bertz CT molecular complexity index is 711. The largest absolute Gasteiger partial charge is 0.445 e. The standard InChI is InChI=1S/C21H28N2O4/c1-15-12-23(20(25)27-21(2,3)4)18-13-22(11-10-17(15)18)19(24)26-14-16-8-6-5-7-9-16/h5-9,17-18H,1,10-14H2,2-4H3. The summed E-state index contributed by atoms with van der Waals surface area (Å²) in [4.78, 5) is 28.5. The van der Waals surface area contributed by atoms with Crippen LogP contribution in [0.2, 0.25) is 0 Å². The summed E-state index contributed by atoms with van der Waals surface area (Å²) < 4.78 is 11.0. The third-order valence-electron chi connectivity index (χ3n) is 4.97. The van der Waals surface area contributed by atoms with Crippen molar-refractivity contribution >= 4 is 12.2 Å². The molecule has 146 valence electrons. The lowest BCUT2D eigenvalue weighted by atomic mass is 9.90. The maximum atomic E-state index is 12.6. The molecule has 6 heteroatoms. The van der Waals surface area contributed by atoms with E-state index in [1.807, 2.05) is 51.1 Å². The molecule has 2 unspecified atom stereocenters. The molecule has 2 saturated heterocycles. The molecule has 3 rings (SSSR count). The molecular formula is C21H28N2O4. The van der Waals surface area contributed by atoms with E-state index in [2.05, 4.69) is 6.58 Å². The van der Waals surface area contributed by atoms with E-state index in [1.165, 1.54) is 0 Å². The van der Waals surface area contributed by atoms with Crippen molar-refractivity contribution in [2.75, 3.05) is 19.6 Å². The number of benzene rings is 1. The maximum Gasteiger partial charge on any atom is 0.410 e. The molecule has 0 N–H and O–H groups in total. The summed E-state index contributed by atoms with van der Waals surface area (Å²) in [6.07, 6.45) is 0.0815. The molecule has 0 radical (unpaired) electrons. The molecule has 2 aliphatic heterocycles. The van der Waals surface area contributed by atoms with Gasteiger partial charge in [-0.05, 0) is 32.8 Å². The lowest BCUT2D eigenvalue weighted by Crippen LogP contribution is -2.52. The van der Waals surface area contributed by atoms with E-state index in [0.717, 1.165) is 17.6 Å². The molecule has 2 heterocycles. The Balaban J connectivity index is 1.62. The summed E-state index contributed by atoms with van der Waals surface area (Å²) in [5.41, 5.74) is 1.42. The number of hydrogen-bond acceptors (Lipinski definition) is 4. The van der Waals surface area contributed by atoms with Crippen molar-refractivity contribution in [3.8, 4) is 0 Å². The third-order valence-corrected chi connectivity index (χ3v) is 4.97. The fourth-order valence-electron chi connectivity index (χ4n) is 3.67. The number of piperidine rings is 1. The number of carbonyl (C=O) groups is 2. The van der Waals surface area contributed by atoms with Gasteiger partial charge in [-0.3, -0.25) is 4.90 Å². The lowest BCUT2D eigenvalue weighted by molar-refractivity contribution is 0.0108. The van der Waals surface area contributed by atoms with Crippen LogP contribution in [0.15, 0.2) is 42.5 Å². The van der Waals surface area contributed by atoms with Crippen LogP contribution in [0.25, 0.3) is 0 Å². The van der Waals surface area contributed by atoms with Crippen molar-refractivity contribution in [2.24, 2.45) is 5.92 Å². The zero-order chi connectivity index (χ0) is 19.6. The monoisotopic (exact) mass is 372 g/mol. The quantitative estimate of drug-likeness (QED) is 0.741. The predicted octanol–water partition coefficient (Wildman–Crippen LogP) is 3.82. The number of ether oxygens (including phenoxy) is 2. The molecule has 0 bridgehead atoms. The highest BCUT2D eigenvalue weighted by atomic mass is 16.6. The second-order valence-electron chi connectivity index (χ2n) is 8.22. The molecule has 27 heavy (non-hydrogen) atoms. The van der Waals surface area contributed by atoms with Crippen molar-refractivity contribution in [1.82, 2.24) is 9.80 Å². The van der Waals surface area contributed by atoms with E-state index in [-0.39, 0.29) is 30.8 Å². The number of carbonyl (C=O) groups excluding carboxylic acids is 2. The van der Waals surface area contributed by atoms with E-state index >= 15 is 0 Å². The van der Waals surface area contributed by atoms with Gasteiger partial charge in [0.05, 0.1) is 6.04 Å². The lowest BCUT2D eigenvalue weighted by Gasteiger charge is -2.38. The van der Waals surface area contributed by atoms with Gasteiger partial charge in [-0.25, -0.2) is 9.59 Å². The molecule has 2 amide bonds. The van der Waals surface area contributed by atoms with Gasteiger partial charge in [0.1, 0.15) is 12.2 Å². The van der Waals surface area contributed by atoms with E-state index in [1.54, 1.807) is 9.80 Å². The van der Waals surface area contributed by atoms with Crippen LogP contribution in [0.3, 0.4) is 0 Å². The van der Waals surface area contributed by atoms with Crippen LogP contribution in [0.1, 0.15) is 32.8 Å². The number of amides is 2. The maximum absolute atomic E-state index is 12.6. The van der Waals surface area contributed by atoms with E-state index in [9.17, 15) is 9.59 Å². The summed E-state index contributed by atoms with van der Waals surface area (Å²) in [7, 11) is 0. The molecule has 0 aromatic heterocycles. The molecule has 2 atom stereocenters. The molecule has 2 fully saturated rings. The smallest absolute Gasteiger partial charge is 0.410 e. The minimum absolute atomic E-state index is 0.106. The van der Waals surface area contributed by atoms with Crippen molar-refractivity contribution in [3.05, 3.63) is 48.0 Å². The van der Waals surface area contributed by atoms with Gasteiger partial charge < -0.3 is 14.4 Å². The van der Waals surface area contributed by atoms with Crippen LogP contribution < -0.4 is 0 Å². The second kappa shape index (κ2) is 7.62. The molecule has 0 aliphatic carbocycles. The van der Waals surface area contributed by atoms with Crippen LogP contribution in [0, 0.1) is 5.92 Å². The van der Waals surface area contributed by atoms with Crippen molar-refractivity contribution in [2.45, 2.75) is 45.4 Å². The zero-order valence-electron chi connectivity index (χ0n) is 16.3. The highest BCUT2D eigenvalue weighted by Gasteiger charge is 2.45. The van der Waals surface area contributed by atoms with Gasteiger partial charge in [-0.1, -0.05) is 42.5 Å². The van der Waals surface area contributed by atoms with Gasteiger partial charge in [0.2, 0.25) is 0 Å². The van der Waals surface area contributed by atoms with Crippen LogP contribution in [-0.2, 0) is 16.1 Å². The summed E-state index contributed by atoms with van der Waals surface area (Å²) in [6, 6.07) is 9.49. The van der Waals surface area contributed by atoms with E-state index in [4.69, 9.17) is 9.47 Å². The predicted molar refractivity (Wildman–Crippen MR) is 102 cm³/mol. The third kappa shape index (κ3) is 4.62.